The Labute approximate surface area is 132 Å². The van der Waals surface area contributed by atoms with Gasteiger partial charge in [0.25, 0.3) is 5.91 Å². The molecular formula is C15H18BrClN2O. The minimum atomic E-state index is -0.0435. The summed E-state index contributed by atoms with van der Waals surface area (Å²) >= 11 is 9.32. The largest absolute Gasteiger partial charge is 0.352 e. The third kappa shape index (κ3) is 3.54. The molecule has 1 aromatic rings. The fourth-order valence-electron chi connectivity index (χ4n) is 2.82. The monoisotopic (exact) mass is 356 g/mol. The van der Waals surface area contributed by atoms with Crippen molar-refractivity contribution < 1.29 is 4.79 Å². The van der Waals surface area contributed by atoms with Crippen LogP contribution in [-0.2, 0) is 0 Å². The number of halogens is 2. The molecule has 2 fully saturated rings. The zero-order valence-corrected chi connectivity index (χ0v) is 13.6. The van der Waals surface area contributed by atoms with E-state index in [1.54, 1.807) is 18.2 Å². The van der Waals surface area contributed by atoms with Gasteiger partial charge in [0.15, 0.2) is 0 Å². The van der Waals surface area contributed by atoms with Crippen molar-refractivity contribution in [2.75, 3.05) is 19.6 Å². The van der Waals surface area contributed by atoms with E-state index in [0.717, 1.165) is 23.6 Å². The molecular weight excluding hydrogens is 340 g/mol. The zero-order valence-electron chi connectivity index (χ0n) is 11.2. The van der Waals surface area contributed by atoms with E-state index < -0.39 is 0 Å². The van der Waals surface area contributed by atoms with Gasteiger partial charge in [-0.3, -0.25) is 4.79 Å². The number of likely N-dealkylation sites (tertiary alicyclic amines) is 1. The summed E-state index contributed by atoms with van der Waals surface area (Å²) in [5.74, 6) is 0.542. The Bertz CT molecular complexity index is 498. The number of nitrogens with one attached hydrogen (secondary N) is 1. The fourth-order valence-corrected chi connectivity index (χ4v) is 3.68. The number of hydrogen-bond acceptors (Lipinski definition) is 2. The van der Waals surface area contributed by atoms with Gasteiger partial charge in [-0.25, -0.2) is 0 Å². The van der Waals surface area contributed by atoms with Crippen LogP contribution in [0.25, 0.3) is 0 Å². The Balaban J connectivity index is 1.51. The minimum Gasteiger partial charge on any atom is -0.352 e. The van der Waals surface area contributed by atoms with Crippen LogP contribution in [0.5, 0.6) is 0 Å². The lowest BCUT2D eigenvalue weighted by molar-refractivity contribution is 0.0947. The predicted molar refractivity (Wildman–Crippen MR) is 84.2 cm³/mol. The van der Waals surface area contributed by atoms with Gasteiger partial charge in [0, 0.05) is 34.2 Å². The van der Waals surface area contributed by atoms with E-state index in [0.29, 0.717) is 16.5 Å². The van der Waals surface area contributed by atoms with Crippen LogP contribution in [0, 0.1) is 5.92 Å². The van der Waals surface area contributed by atoms with Crippen molar-refractivity contribution in [3.05, 3.63) is 33.3 Å². The van der Waals surface area contributed by atoms with Crippen molar-refractivity contribution >= 4 is 33.4 Å². The highest BCUT2D eigenvalue weighted by molar-refractivity contribution is 9.10. The summed E-state index contributed by atoms with van der Waals surface area (Å²) in [5.41, 5.74) is 0.612. The molecule has 1 atom stereocenters. The Morgan fingerprint density at radius 3 is 2.85 bits per heavy atom. The van der Waals surface area contributed by atoms with Crippen LogP contribution in [0.1, 0.15) is 29.6 Å². The first kappa shape index (κ1) is 14.4. The standard InChI is InChI=1S/C15H18BrClN2O/c16-12-5-11(6-13(17)7-12)15(20)18-8-10-3-4-19(9-10)14-1-2-14/h5-7,10,14H,1-4,8-9H2,(H,18,20). The van der Waals surface area contributed by atoms with Gasteiger partial charge in [-0.2, -0.15) is 0 Å². The summed E-state index contributed by atoms with van der Waals surface area (Å²) in [4.78, 5) is 14.7. The molecule has 1 saturated heterocycles. The van der Waals surface area contributed by atoms with E-state index in [4.69, 9.17) is 11.6 Å². The Hall–Kier alpha value is -0.580. The quantitative estimate of drug-likeness (QED) is 0.896. The van der Waals surface area contributed by atoms with Gasteiger partial charge in [0.2, 0.25) is 0 Å². The van der Waals surface area contributed by atoms with Crippen molar-refractivity contribution in [1.82, 2.24) is 10.2 Å². The van der Waals surface area contributed by atoms with E-state index in [1.165, 1.54) is 25.8 Å². The van der Waals surface area contributed by atoms with E-state index in [-0.39, 0.29) is 5.91 Å². The number of benzene rings is 1. The number of carbonyl (C=O) groups excluding carboxylic acids is 1. The lowest BCUT2D eigenvalue weighted by Gasteiger charge is -2.15. The number of nitrogens with zero attached hydrogens (tertiary/aromatic N) is 1. The third-order valence-electron chi connectivity index (χ3n) is 4.06. The first-order valence-corrected chi connectivity index (χ1v) is 8.27. The van der Waals surface area contributed by atoms with Gasteiger partial charge in [-0.1, -0.05) is 27.5 Å². The van der Waals surface area contributed by atoms with Gasteiger partial charge in [-0.15, -0.1) is 0 Å². The summed E-state index contributed by atoms with van der Waals surface area (Å²) in [6.45, 7) is 3.07. The highest BCUT2D eigenvalue weighted by Gasteiger charge is 2.34. The summed E-state index contributed by atoms with van der Waals surface area (Å²) in [5, 5.41) is 3.60. The van der Waals surface area contributed by atoms with Gasteiger partial charge in [-0.05, 0) is 49.9 Å². The average Bonchev–Trinajstić information content (AvgIpc) is 3.14. The van der Waals surface area contributed by atoms with Crippen molar-refractivity contribution in [3.8, 4) is 0 Å². The maximum absolute atomic E-state index is 12.1. The second-order valence-corrected chi connectivity index (χ2v) is 7.10. The topological polar surface area (TPSA) is 32.3 Å². The predicted octanol–water partition coefficient (Wildman–Crippen LogP) is 3.32. The van der Waals surface area contributed by atoms with E-state index in [9.17, 15) is 4.79 Å². The molecule has 0 aromatic heterocycles. The average molecular weight is 358 g/mol. The van der Waals surface area contributed by atoms with Gasteiger partial charge in [0.05, 0.1) is 0 Å². The Morgan fingerprint density at radius 1 is 1.35 bits per heavy atom. The summed E-state index contributed by atoms with van der Waals surface area (Å²) in [6.07, 6.45) is 3.90. The number of amides is 1. The molecule has 0 spiro atoms. The molecule has 20 heavy (non-hydrogen) atoms. The first-order chi connectivity index (χ1) is 9.61. The Kier molecular flexibility index (Phi) is 4.34. The number of hydrogen-bond donors (Lipinski definition) is 1. The van der Waals surface area contributed by atoms with Gasteiger partial charge < -0.3 is 10.2 Å². The van der Waals surface area contributed by atoms with Crippen molar-refractivity contribution in [2.45, 2.75) is 25.3 Å². The summed E-state index contributed by atoms with van der Waals surface area (Å²) in [7, 11) is 0. The van der Waals surface area contributed by atoms with E-state index >= 15 is 0 Å². The molecule has 3 rings (SSSR count). The molecule has 1 N–H and O–H groups in total. The lowest BCUT2D eigenvalue weighted by atomic mass is 10.1. The molecule has 0 bridgehead atoms. The number of carbonyl (C=O) groups is 1. The minimum absolute atomic E-state index is 0.0435. The van der Waals surface area contributed by atoms with Crippen molar-refractivity contribution in [2.24, 2.45) is 5.92 Å². The van der Waals surface area contributed by atoms with Crippen LogP contribution < -0.4 is 5.32 Å². The Morgan fingerprint density at radius 2 is 2.15 bits per heavy atom. The van der Waals surface area contributed by atoms with Gasteiger partial charge >= 0.3 is 0 Å². The smallest absolute Gasteiger partial charge is 0.251 e. The summed E-state index contributed by atoms with van der Waals surface area (Å²) in [6, 6.07) is 6.11. The fraction of sp³-hybridized carbons (Fsp3) is 0.533. The highest BCUT2D eigenvalue weighted by atomic mass is 79.9. The van der Waals surface area contributed by atoms with E-state index in [1.807, 2.05) is 0 Å². The normalized spacial score (nSPS) is 23.0. The highest BCUT2D eigenvalue weighted by Crippen LogP contribution is 2.31. The van der Waals surface area contributed by atoms with Crippen LogP contribution in [0.2, 0.25) is 5.02 Å². The molecule has 1 unspecified atom stereocenters. The van der Waals surface area contributed by atoms with Crippen LogP contribution in [0.4, 0.5) is 0 Å². The van der Waals surface area contributed by atoms with Crippen LogP contribution in [-0.4, -0.2) is 36.5 Å². The summed E-state index contributed by atoms with van der Waals surface area (Å²) < 4.78 is 0.830. The molecule has 1 saturated carbocycles. The van der Waals surface area contributed by atoms with Crippen LogP contribution >= 0.6 is 27.5 Å². The molecule has 3 nitrogen and oxygen atoms in total. The molecule has 2 aliphatic rings. The third-order valence-corrected chi connectivity index (χ3v) is 4.73. The maximum atomic E-state index is 12.1. The second-order valence-electron chi connectivity index (χ2n) is 5.75. The van der Waals surface area contributed by atoms with E-state index in [2.05, 4.69) is 26.1 Å². The first-order valence-electron chi connectivity index (χ1n) is 7.10. The van der Waals surface area contributed by atoms with Crippen LogP contribution in [0.15, 0.2) is 22.7 Å². The van der Waals surface area contributed by atoms with Gasteiger partial charge in [0.1, 0.15) is 0 Å². The molecule has 1 aliphatic carbocycles. The number of rotatable bonds is 4. The zero-order chi connectivity index (χ0) is 14.1. The van der Waals surface area contributed by atoms with Crippen molar-refractivity contribution in [1.29, 1.82) is 0 Å². The van der Waals surface area contributed by atoms with Crippen LogP contribution in [0.3, 0.4) is 0 Å². The molecule has 5 heteroatoms. The second kappa shape index (κ2) is 6.04. The molecule has 1 aliphatic heterocycles. The molecule has 1 heterocycles. The lowest BCUT2D eigenvalue weighted by Crippen LogP contribution is -2.31. The molecule has 108 valence electrons. The maximum Gasteiger partial charge on any atom is 0.251 e. The molecule has 1 aromatic carbocycles. The SMILES string of the molecule is O=C(NCC1CCN(C2CC2)C1)c1cc(Cl)cc(Br)c1. The van der Waals surface area contributed by atoms with Crippen molar-refractivity contribution in [3.63, 3.8) is 0 Å². The molecule has 1 amide bonds. The molecule has 0 radical (unpaired) electrons.